The van der Waals surface area contributed by atoms with E-state index in [0.29, 0.717) is 13.1 Å². The van der Waals surface area contributed by atoms with Crippen molar-refractivity contribution in [3.05, 3.63) is 11.3 Å². The maximum Gasteiger partial charge on any atom is 0.224 e. The van der Waals surface area contributed by atoms with Crippen LogP contribution in [-0.2, 0) is 4.79 Å². The summed E-state index contributed by atoms with van der Waals surface area (Å²) in [5.41, 5.74) is 5.24. The molecule has 1 amide bonds. The second-order valence-corrected chi connectivity index (χ2v) is 4.73. The Balaban J connectivity index is 2.77. The predicted octanol–water partition coefficient (Wildman–Crippen LogP) is 1.18. The molecule has 1 aliphatic rings. The Kier molecular flexibility index (Phi) is 6.07. The zero-order chi connectivity index (χ0) is 15.0. The molecule has 0 saturated carbocycles. The van der Waals surface area contributed by atoms with Crippen molar-refractivity contribution >= 4 is 5.91 Å². The SMILES string of the molecule is N#CC(C#N)=C(N)C(C#N)CC(=O)N1CCCCCC1. The summed E-state index contributed by atoms with van der Waals surface area (Å²) >= 11 is 0. The average Bonchev–Trinajstić information content (AvgIpc) is 2.74. The number of amides is 1. The van der Waals surface area contributed by atoms with Gasteiger partial charge in [0.1, 0.15) is 17.7 Å². The zero-order valence-corrected chi connectivity index (χ0v) is 11.3. The molecule has 104 valence electrons. The van der Waals surface area contributed by atoms with Crippen LogP contribution in [0.15, 0.2) is 11.3 Å². The molecule has 1 saturated heterocycles. The van der Waals surface area contributed by atoms with Crippen molar-refractivity contribution in [1.29, 1.82) is 15.8 Å². The fourth-order valence-corrected chi connectivity index (χ4v) is 2.18. The first kappa shape index (κ1) is 15.5. The summed E-state index contributed by atoms with van der Waals surface area (Å²) in [5.74, 6) is -1.06. The minimum atomic E-state index is -0.917. The van der Waals surface area contributed by atoms with Gasteiger partial charge in [0, 0.05) is 19.5 Å². The normalized spacial score (nSPS) is 15.9. The van der Waals surface area contributed by atoms with E-state index in [9.17, 15) is 4.79 Å². The van der Waals surface area contributed by atoms with Gasteiger partial charge in [-0.15, -0.1) is 0 Å². The third-order valence-electron chi connectivity index (χ3n) is 3.38. The highest BCUT2D eigenvalue weighted by Gasteiger charge is 2.23. The number of nitrogens with zero attached hydrogens (tertiary/aromatic N) is 4. The fourth-order valence-electron chi connectivity index (χ4n) is 2.18. The molecule has 1 rings (SSSR count). The van der Waals surface area contributed by atoms with Gasteiger partial charge in [0.05, 0.1) is 17.7 Å². The number of carbonyl (C=O) groups is 1. The van der Waals surface area contributed by atoms with Crippen LogP contribution in [0.3, 0.4) is 0 Å². The summed E-state index contributed by atoms with van der Waals surface area (Å²) in [7, 11) is 0. The number of nitriles is 3. The monoisotopic (exact) mass is 271 g/mol. The predicted molar refractivity (Wildman–Crippen MR) is 71.2 cm³/mol. The van der Waals surface area contributed by atoms with Crippen LogP contribution in [0, 0.1) is 39.9 Å². The number of allylic oxidation sites excluding steroid dienone is 2. The second-order valence-electron chi connectivity index (χ2n) is 4.73. The molecule has 1 fully saturated rings. The Bertz CT molecular complexity index is 493. The van der Waals surface area contributed by atoms with E-state index >= 15 is 0 Å². The van der Waals surface area contributed by atoms with Crippen molar-refractivity contribution in [2.24, 2.45) is 11.7 Å². The van der Waals surface area contributed by atoms with Gasteiger partial charge >= 0.3 is 0 Å². The first-order valence-electron chi connectivity index (χ1n) is 6.61. The maximum absolute atomic E-state index is 12.2. The van der Waals surface area contributed by atoms with Crippen LogP contribution in [-0.4, -0.2) is 23.9 Å². The van der Waals surface area contributed by atoms with Gasteiger partial charge in [0.15, 0.2) is 0 Å². The Morgan fingerprint density at radius 1 is 1.10 bits per heavy atom. The summed E-state index contributed by atoms with van der Waals surface area (Å²) in [6.45, 7) is 1.40. The number of rotatable bonds is 3. The van der Waals surface area contributed by atoms with Crippen LogP contribution >= 0.6 is 0 Å². The summed E-state index contributed by atoms with van der Waals surface area (Å²) in [6, 6.07) is 5.20. The fraction of sp³-hybridized carbons (Fsp3) is 0.571. The van der Waals surface area contributed by atoms with E-state index in [1.807, 2.05) is 6.07 Å². The highest BCUT2D eigenvalue weighted by Crippen LogP contribution is 2.17. The molecule has 1 unspecified atom stereocenters. The lowest BCUT2D eigenvalue weighted by atomic mass is 9.99. The third kappa shape index (κ3) is 4.00. The van der Waals surface area contributed by atoms with Crippen LogP contribution in [0.2, 0.25) is 0 Å². The molecular formula is C14H17N5O. The highest BCUT2D eigenvalue weighted by molar-refractivity contribution is 5.77. The van der Waals surface area contributed by atoms with Crippen molar-refractivity contribution in [1.82, 2.24) is 4.90 Å². The molecular weight excluding hydrogens is 254 g/mol. The molecule has 0 radical (unpaired) electrons. The molecule has 0 aliphatic carbocycles. The van der Waals surface area contributed by atoms with Crippen LogP contribution in [0.4, 0.5) is 0 Å². The van der Waals surface area contributed by atoms with Gasteiger partial charge in [0.2, 0.25) is 5.91 Å². The average molecular weight is 271 g/mol. The van der Waals surface area contributed by atoms with Crippen molar-refractivity contribution in [3.63, 3.8) is 0 Å². The van der Waals surface area contributed by atoms with Crippen LogP contribution in [0.25, 0.3) is 0 Å². The summed E-state index contributed by atoms with van der Waals surface area (Å²) in [6.07, 6.45) is 4.09. The smallest absolute Gasteiger partial charge is 0.224 e. The lowest BCUT2D eigenvalue weighted by Crippen LogP contribution is -2.33. The summed E-state index contributed by atoms with van der Waals surface area (Å²) < 4.78 is 0. The molecule has 0 aromatic heterocycles. The number of hydrogen-bond donors (Lipinski definition) is 1. The molecule has 0 spiro atoms. The zero-order valence-electron chi connectivity index (χ0n) is 11.3. The van der Waals surface area contributed by atoms with Gasteiger partial charge in [-0.1, -0.05) is 12.8 Å². The van der Waals surface area contributed by atoms with Crippen LogP contribution in [0.5, 0.6) is 0 Å². The van der Waals surface area contributed by atoms with Crippen LogP contribution in [0.1, 0.15) is 32.1 Å². The summed E-state index contributed by atoms with van der Waals surface area (Å²) in [5, 5.41) is 26.6. The molecule has 2 N–H and O–H groups in total. The Hall–Kier alpha value is -2.52. The van der Waals surface area contributed by atoms with Gasteiger partial charge in [-0.05, 0) is 12.8 Å². The first-order valence-corrected chi connectivity index (χ1v) is 6.61. The quantitative estimate of drug-likeness (QED) is 0.773. The lowest BCUT2D eigenvalue weighted by molar-refractivity contribution is -0.131. The first-order chi connectivity index (χ1) is 9.63. The molecule has 20 heavy (non-hydrogen) atoms. The minimum absolute atomic E-state index is 0.0742. The van der Waals surface area contributed by atoms with E-state index in [1.54, 1.807) is 17.0 Å². The number of carbonyl (C=O) groups excluding carboxylic acids is 1. The van der Waals surface area contributed by atoms with Gasteiger partial charge in [-0.3, -0.25) is 4.79 Å². The molecule has 0 bridgehead atoms. The van der Waals surface area contributed by atoms with Crippen molar-refractivity contribution in [2.75, 3.05) is 13.1 Å². The van der Waals surface area contributed by atoms with Gasteiger partial charge in [-0.2, -0.15) is 15.8 Å². The van der Waals surface area contributed by atoms with Crippen molar-refractivity contribution < 1.29 is 4.79 Å². The molecule has 1 heterocycles. The third-order valence-corrected chi connectivity index (χ3v) is 3.38. The topological polar surface area (TPSA) is 118 Å². The number of hydrogen-bond acceptors (Lipinski definition) is 5. The standard InChI is InChI=1S/C14H17N5O/c15-8-11(14(18)12(9-16)10-17)7-13(20)19-5-3-1-2-4-6-19/h11H,1-7,18H2. The van der Waals surface area contributed by atoms with E-state index in [0.717, 1.165) is 25.7 Å². The molecule has 1 aliphatic heterocycles. The van der Waals surface area contributed by atoms with E-state index in [2.05, 4.69) is 0 Å². The lowest BCUT2D eigenvalue weighted by Gasteiger charge is -2.21. The Morgan fingerprint density at radius 2 is 1.65 bits per heavy atom. The molecule has 0 aromatic rings. The van der Waals surface area contributed by atoms with E-state index in [-0.39, 0.29) is 23.6 Å². The van der Waals surface area contributed by atoms with Crippen molar-refractivity contribution in [3.8, 4) is 18.2 Å². The Morgan fingerprint density at radius 3 is 2.10 bits per heavy atom. The van der Waals surface area contributed by atoms with Gasteiger partial charge < -0.3 is 10.6 Å². The van der Waals surface area contributed by atoms with Gasteiger partial charge in [-0.25, -0.2) is 0 Å². The molecule has 6 nitrogen and oxygen atoms in total. The summed E-state index contributed by atoms with van der Waals surface area (Å²) in [4.78, 5) is 13.9. The highest BCUT2D eigenvalue weighted by atomic mass is 16.2. The number of nitrogens with two attached hydrogens (primary N) is 1. The maximum atomic E-state index is 12.2. The van der Waals surface area contributed by atoms with Gasteiger partial charge in [0.25, 0.3) is 0 Å². The van der Waals surface area contributed by atoms with E-state index in [1.165, 1.54) is 0 Å². The second kappa shape index (κ2) is 7.81. The van der Waals surface area contributed by atoms with E-state index < -0.39 is 5.92 Å². The molecule has 1 atom stereocenters. The van der Waals surface area contributed by atoms with Crippen LogP contribution < -0.4 is 5.73 Å². The largest absolute Gasteiger partial charge is 0.399 e. The Labute approximate surface area is 118 Å². The molecule has 0 aromatic carbocycles. The van der Waals surface area contributed by atoms with Crippen molar-refractivity contribution in [2.45, 2.75) is 32.1 Å². The minimum Gasteiger partial charge on any atom is -0.399 e. The van der Waals surface area contributed by atoms with E-state index in [4.69, 9.17) is 21.5 Å². The number of likely N-dealkylation sites (tertiary alicyclic amines) is 1. The molecule has 6 heteroatoms.